The van der Waals surface area contributed by atoms with Gasteiger partial charge in [0.25, 0.3) is 0 Å². The van der Waals surface area contributed by atoms with Gasteiger partial charge in [-0.2, -0.15) is 0 Å². The number of aliphatic hydroxyl groups is 2. The van der Waals surface area contributed by atoms with E-state index in [0.717, 1.165) is 0 Å². The maximum Gasteiger partial charge on any atom is 0.334 e. The van der Waals surface area contributed by atoms with E-state index in [1.54, 1.807) is 0 Å². The highest BCUT2D eigenvalue weighted by molar-refractivity contribution is 5.90. The number of esters is 2. The van der Waals surface area contributed by atoms with Gasteiger partial charge in [0, 0.05) is 29.7 Å². The van der Waals surface area contributed by atoms with Gasteiger partial charge in [-0.3, -0.25) is 4.79 Å². The van der Waals surface area contributed by atoms with Gasteiger partial charge in [-0.15, -0.1) is 0 Å². The zero-order chi connectivity index (χ0) is 19.2. The molecule has 6 heteroatoms. The SMILES string of the molecule is C=C1C(=O)O[C@H]2C[C@@H](C)[C@@H]3[C@@H](O)C[C@H](OC(=O)CC(C)C)[C@@]3(CO)C[C@H]12. The van der Waals surface area contributed by atoms with Crippen LogP contribution in [0.5, 0.6) is 0 Å². The zero-order valence-corrected chi connectivity index (χ0v) is 15.8. The van der Waals surface area contributed by atoms with Crippen molar-refractivity contribution in [1.82, 2.24) is 0 Å². The van der Waals surface area contributed by atoms with Gasteiger partial charge in [-0.25, -0.2) is 4.79 Å². The van der Waals surface area contributed by atoms with Gasteiger partial charge in [0.05, 0.1) is 12.7 Å². The Morgan fingerprint density at radius 1 is 1.42 bits per heavy atom. The summed E-state index contributed by atoms with van der Waals surface area (Å²) in [6, 6.07) is 0. The fourth-order valence-electron chi connectivity index (χ4n) is 5.45. The Kier molecular flexibility index (Phi) is 5.19. The van der Waals surface area contributed by atoms with Crippen LogP contribution in [-0.4, -0.2) is 47.1 Å². The molecule has 1 aliphatic heterocycles. The molecule has 0 amide bonds. The summed E-state index contributed by atoms with van der Waals surface area (Å²) in [4.78, 5) is 24.2. The number of hydrogen-bond acceptors (Lipinski definition) is 6. The van der Waals surface area contributed by atoms with Crippen molar-refractivity contribution in [2.75, 3.05) is 6.61 Å². The van der Waals surface area contributed by atoms with E-state index in [-0.39, 0.29) is 48.3 Å². The molecule has 3 aliphatic rings. The predicted octanol–water partition coefficient (Wildman–Crippen LogP) is 1.83. The number of aliphatic hydroxyl groups excluding tert-OH is 2. The molecule has 0 aromatic carbocycles. The molecule has 7 atom stereocenters. The van der Waals surface area contributed by atoms with Gasteiger partial charge < -0.3 is 19.7 Å². The van der Waals surface area contributed by atoms with Crippen molar-refractivity contribution < 1.29 is 29.3 Å². The number of carbonyl (C=O) groups excluding carboxylic acids is 2. The van der Waals surface area contributed by atoms with Crippen LogP contribution in [0.4, 0.5) is 0 Å². The second-order valence-electron chi connectivity index (χ2n) is 8.79. The summed E-state index contributed by atoms with van der Waals surface area (Å²) >= 11 is 0. The van der Waals surface area contributed by atoms with Crippen LogP contribution in [0.1, 0.15) is 46.5 Å². The standard InChI is InChI=1S/C20H30O6/c1-10(2)5-17(23)26-16-7-14(22)18-11(3)6-15-13(8-20(16,18)9-21)12(4)19(24)25-15/h10-11,13-16,18,21-22H,4-9H2,1-3H3/t11-,13-,14+,15+,16+,18-,20+/m1/s1. The summed E-state index contributed by atoms with van der Waals surface area (Å²) in [5, 5.41) is 21.1. The maximum absolute atomic E-state index is 12.3. The first-order valence-electron chi connectivity index (χ1n) is 9.57. The predicted molar refractivity (Wildman–Crippen MR) is 93.9 cm³/mol. The topological polar surface area (TPSA) is 93.1 Å². The molecule has 3 fully saturated rings. The molecule has 0 bridgehead atoms. The van der Waals surface area contributed by atoms with E-state index in [4.69, 9.17) is 9.47 Å². The lowest BCUT2D eigenvalue weighted by Crippen LogP contribution is -2.45. The summed E-state index contributed by atoms with van der Waals surface area (Å²) in [6.45, 7) is 9.57. The lowest BCUT2D eigenvalue weighted by molar-refractivity contribution is -0.160. The Labute approximate surface area is 154 Å². The molecule has 2 saturated carbocycles. The van der Waals surface area contributed by atoms with E-state index in [9.17, 15) is 19.8 Å². The maximum atomic E-state index is 12.3. The molecule has 2 N–H and O–H groups in total. The molecule has 0 aromatic rings. The van der Waals surface area contributed by atoms with E-state index in [2.05, 4.69) is 6.58 Å². The van der Waals surface area contributed by atoms with Crippen molar-refractivity contribution >= 4 is 11.9 Å². The van der Waals surface area contributed by atoms with Gasteiger partial charge in [0.2, 0.25) is 0 Å². The van der Waals surface area contributed by atoms with Gasteiger partial charge in [-0.1, -0.05) is 27.4 Å². The lowest BCUT2D eigenvalue weighted by Gasteiger charge is -2.40. The van der Waals surface area contributed by atoms with E-state index >= 15 is 0 Å². The van der Waals surface area contributed by atoms with Crippen molar-refractivity contribution in [2.24, 2.45) is 29.1 Å². The third-order valence-electron chi connectivity index (χ3n) is 6.55. The Morgan fingerprint density at radius 2 is 2.12 bits per heavy atom. The van der Waals surface area contributed by atoms with Crippen molar-refractivity contribution in [1.29, 1.82) is 0 Å². The Balaban J connectivity index is 1.92. The smallest absolute Gasteiger partial charge is 0.334 e. The Hall–Kier alpha value is -1.40. The molecule has 0 radical (unpaired) electrons. The number of fused-ring (bicyclic) bond motifs is 2. The van der Waals surface area contributed by atoms with Gasteiger partial charge >= 0.3 is 11.9 Å². The van der Waals surface area contributed by atoms with Gasteiger partial charge in [0.15, 0.2) is 0 Å². The lowest BCUT2D eigenvalue weighted by atomic mass is 9.68. The van der Waals surface area contributed by atoms with E-state index < -0.39 is 17.6 Å². The van der Waals surface area contributed by atoms with Crippen molar-refractivity contribution in [3.8, 4) is 0 Å². The molecule has 6 nitrogen and oxygen atoms in total. The van der Waals surface area contributed by atoms with Crippen molar-refractivity contribution in [2.45, 2.75) is 64.8 Å². The third-order valence-corrected chi connectivity index (χ3v) is 6.55. The van der Waals surface area contributed by atoms with E-state index in [1.807, 2.05) is 20.8 Å². The number of rotatable bonds is 4. The molecule has 0 unspecified atom stereocenters. The first-order chi connectivity index (χ1) is 12.2. The zero-order valence-electron chi connectivity index (χ0n) is 15.8. The highest BCUT2D eigenvalue weighted by atomic mass is 16.6. The van der Waals surface area contributed by atoms with Crippen LogP contribution in [0.15, 0.2) is 12.2 Å². The van der Waals surface area contributed by atoms with Crippen LogP contribution in [0, 0.1) is 29.1 Å². The molecule has 0 spiro atoms. The second-order valence-corrected chi connectivity index (χ2v) is 8.79. The molecular formula is C20H30O6. The minimum atomic E-state index is -0.776. The van der Waals surface area contributed by atoms with Crippen LogP contribution in [-0.2, 0) is 19.1 Å². The van der Waals surface area contributed by atoms with Gasteiger partial charge in [-0.05, 0) is 30.6 Å². The first-order valence-corrected chi connectivity index (χ1v) is 9.57. The van der Waals surface area contributed by atoms with Crippen molar-refractivity contribution in [3.05, 3.63) is 12.2 Å². The fourth-order valence-corrected chi connectivity index (χ4v) is 5.45. The molecule has 0 aromatic heterocycles. The first kappa shape index (κ1) is 19.4. The molecule has 1 heterocycles. The van der Waals surface area contributed by atoms with Crippen LogP contribution in [0.3, 0.4) is 0 Å². The highest BCUT2D eigenvalue weighted by Crippen LogP contribution is 2.57. The monoisotopic (exact) mass is 366 g/mol. The molecule has 146 valence electrons. The summed E-state index contributed by atoms with van der Waals surface area (Å²) in [5.41, 5.74) is -0.355. The second kappa shape index (κ2) is 6.97. The average molecular weight is 366 g/mol. The van der Waals surface area contributed by atoms with Crippen LogP contribution in [0.25, 0.3) is 0 Å². The summed E-state index contributed by atoms with van der Waals surface area (Å²) in [7, 11) is 0. The number of carbonyl (C=O) groups is 2. The third kappa shape index (κ3) is 3.07. The Morgan fingerprint density at radius 3 is 2.73 bits per heavy atom. The minimum Gasteiger partial charge on any atom is -0.462 e. The van der Waals surface area contributed by atoms with E-state index in [1.165, 1.54) is 0 Å². The average Bonchev–Trinajstić information content (AvgIpc) is 2.89. The van der Waals surface area contributed by atoms with E-state index in [0.29, 0.717) is 31.3 Å². The minimum absolute atomic E-state index is 0.0275. The quantitative estimate of drug-likeness (QED) is 0.582. The molecule has 3 rings (SSSR count). The Bertz CT molecular complexity index is 599. The fraction of sp³-hybridized carbons (Fsp3) is 0.800. The van der Waals surface area contributed by atoms with Crippen LogP contribution >= 0.6 is 0 Å². The number of ether oxygens (including phenoxy) is 2. The van der Waals surface area contributed by atoms with Gasteiger partial charge in [0.1, 0.15) is 12.2 Å². The highest BCUT2D eigenvalue weighted by Gasteiger charge is 2.62. The summed E-state index contributed by atoms with van der Waals surface area (Å²) in [5.74, 6) is -0.907. The molecule has 26 heavy (non-hydrogen) atoms. The molecule has 2 aliphatic carbocycles. The summed E-state index contributed by atoms with van der Waals surface area (Å²) in [6.07, 6.45) is 0.168. The summed E-state index contributed by atoms with van der Waals surface area (Å²) < 4.78 is 11.2. The normalized spacial score (nSPS) is 42.2. The largest absolute Gasteiger partial charge is 0.462 e. The molecule has 1 saturated heterocycles. The number of hydrogen-bond donors (Lipinski definition) is 2. The van der Waals surface area contributed by atoms with Crippen LogP contribution in [0.2, 0.25) is 0 Å². The molecular weight excluding hydrogens is 336 g/mol. The van der Waals surface area contributed by atoms with Crippen LogP contribution < -0.4 is 0 Å². The van der Waals surface area contributed by atoms with Crippen molar-refractivity contribution in [3.63, 3.8) is 0 Å².